The van der Waals surface area contributed by atoms with E-state index in [1.165, 1.54) is 4.31 Å². The number of hydrogen-bond acceptors (Lipinski definition) is 7. The second-order valence-corrected chi connectivity index (χ2v) is 8.30. The average molecular weight is 403 g/mol. The van der Waals surface area contributed by atoms with Crippen molar-refractivity contribution in [3.8, 4) is 0 Å². The Labute approximate surface area is 157 Å². The predicted octanol–water partition coefficient (Wildman–Crippen LogP) is 0.296. The summed E-state index contributed by atoms with van der Waals surface area (Å²) in [6.45, 7) is 3.59. The first-order valence-corrected chi connectivity index (χ1v) is 10.1. The number of aromatic nitrogens is 1. The third-order valence-corrected chi connectivity index (χ3v) is 7.09. The fourth-order valence-electron chi connectivity index (χ4n) is 3.78. The molecule has 3 atom stereocenters. The Morgan fingerprint density at radius 3 is 2.59 bits per heavy atom. The van der Waals surface area contributed by atoms with Crippen LogP contribution in [0, 0.1) is 19.8 Å². The van der Waals surface area contributed by atoms with Crippen molar-refractivity contribution >= 4 is 22.4 Å². The lowest BCUT2D eigenvalue weighted by atomic mass is 9.82. The second kappa shape index (κ2) is 8.81. The molecule has 2 aliphatic rings. The van der Waals surface area contributed by atoms with Gasteiger partial charge in [-0.1, -0.05) is 5.16 Å². The molecule has 2 heterocycles. The van der Waals surface area contributed by atoms with Gasteiger partial charge in [0, 0.05) is 19.5 Å². The molecule has 1 aliphatic heterocycles. The van der Waals surface area contributed by atoms with Crippen LogP contribution in [0.15, 0.2) is 9.42 Å². The first kappa shape index (κ1) is 21.3. The third kappa shape index (κ3) is 4.30. The number of aryl methyl sites for hydroxylation is 2. The summed E-state index contributed by atoms with van der Waals surface area (Å²) in [4.78, 5) is 20.5. The Balaban J connectivity index is 0.000000817. The Morgan fingerprint density at radius 1 is 1.37 bits per heavy atom. The van der Waals surface area contributed by atoms with Gasteiger partial charge in [-0.05, 0) is 33.1 Å². The quantitative estimate of drug-likeness (QED) is 0.687. The summed E-state index contributed by atoms with van der Waals surface area (Å²) in [6.07, 6.45) is 1.68. The molecule has 1 aromatic rings. The molecule has 27 heavy (non-hydrogen) atoms. The van der Waals surface area contributed by atoms with Crippen LogP contribution >= 0.6 is 0 Å². The minimum atomic E-state index is -3.74. The SMILES string of the molecule is CNC(=O)[C@H]1CC[C@H]2OCCN(S(=O)(=O)c3c(C)noc3C)[C@@H]2C1.O=CO. The van der Waals surface area contributed by atoms with Crippen molar-refractivity contribution in [3.05, 3.63) is 11.5 Å². The summed E-state index contributed by atoms with van der Waals surface area (Å²) in [5.41, 5.74) is 0.356. The van der Waals surface area contributed by atoms with E-state index >= 15 is 0 Å². The highest BCUT2D eigenvalue weighted by molar-refractivity contribution is 7.89. The van der Waals surface area contributed by atoms with Gasteiger partial charge in [-0.25, -0.2) is 8.42 Å². The number of sulfonamides is 1. The van der Waals surface area contributed by atoms with Gasteiger partial charge in [-0.3, -0.25) is 9.59 Å². The molecular weight excluding hydrogens is 378 g/mol. The molecule has 152 valence electrons. The Kier molecular flexibility index (Phi) is 6.95. The van der Waals surface area contributed by atoms with Crippen LogP contribution in [0.4, 0.5) is 0 Å². The first-order valence-electron chi connectivity index (χ1n) is 8.63. The third-order valence-electron chi connectivity index (χ3n) is 4.92. The molecule has 11 heteroatoms. The number of morpholine rings is 1. The summed E-state index contributed by atoms with van der Waals surface area (Å²) >= 11 is 0. The molecule has 2 N–H and O–H groups in total. The van der Waals surface area contributed by atoms with Crippen molar-refractivity contribution in [2.75, 3.05) is 20.2 Å². The molecule has 3 rings (SSSR count). The van der Waals surface area contributed by atoms with Gasteiger partial charge < -0.3 is 19.7 Å². The van der Waals surface area contributed by atoms with Crippen LogP contribution in [-0.4, -0.2) is 67.7 Å². The van der Waals surface area contributed by atoms with Gasteiger partial charge in [-0.2, -0.15) is 4.31 Å². The zero-order chi connectivity index (χ0) is 20.2. The van der Waals surface area contributed by atoms with Gasteiger partial charge in [0.1, 0.15) is 10.6 Å². The van der Waals surface area contributed by atoms with Crippen molar-refractivity contribution in [3.63, 3.8) is 0 Å². The molecule has 1 aromatic heterocycles. The van der Waals surface area contributed by atoms with Crippen LogP contribution in [-0.2, 0) is 24.3 Å². The van der Waals surface area contributed by atoms with E-state index in [9.17, 15) is 13.2 Å². The molecule has 10 nitrogen and oxygen atoms in total. The smallest absolute Gasteiger partial charge is 0.290 e. The van der Waals surface area contributed by atoms with E-state index < -0.39 is 10.0 Å². The van der Waals surface area contributed by atoms with E-state index in [1.807, 2.05) is 0 Å². The van der Waals surface area contributed by atoms with Gasteiger partial charge >= 0.3 is 0 Å². The average Bonchev–Trinajstić information content (AvgIpc) is 2.99. The summed E-state index contributed by atoms with van der Waals surface area (Å²) in [5, 5.41) is 13.3. The monoisotopic (exact) mass is 403 g/mol. The summed E-state index contributed by atoms with van der Waals surface area (Å²) < 4.78 is 38.6. The Hall–Kier alpha value is -1.98. The molecule has 1 amide bonds. The van der Waals surface area contributed by atoms with Crippen LogP contribution in [0.3, 0.4) is 0 Å². The summed E-state index contributed by atoms with van der Waals surface area (Å²) in [6, 6.07) is -0.339. The first-order chi connectivity index (χ1) is 12.8. The number of carboxylic acid groups (broad SMARTS) is 1. The number of nitrogens with zero attached hydrogens (tertiary/aromatic N) is 2. The van der Waals surface area contributed by atoms with E-state index in [1.54, 1.807) is 20.9 Å². The fraction of sp³-hybridized carbons (Fsp3) is 0.688. The Bertz CT molecular complexity index is 757. The van der Waals surface area contributed by atoms with Crippen molar-refractivity contribution in [1.29, 1.82) is 0 Å². The highest BCUT2D eigenvalue weighted by Crippen LogP contribution is 2.36. The fourth-order valence-corrected chi connectivity index (χ4v) is 5.72. The molecule has 0 unspecified atom stereocenters. The number of fused-ring (bicyclic) bond motifs is 1. The van der Waals surface area contributed by atoms with Gasteiger partial charge in [0.25, 0.3) is 6.47 Å². The topological polar surface area (TPSA) is 139 Å². The summed E-state index contributed by atoms with van der Waals surface area (Å²) in [7, 11) is -2.14. The predicted molar refractivity (Wildman–Crippen MR) is 93.5 cm³/mol. The maximum absolute atomic E-state index is 13.2. The van der Waals surface area contributed by atoms with E-state index in [2.05, 4.69) is 10.5 Å². The van der Waals surface area contributed by atoms with E-state index in [0.29, 0.717) is 31.6 Å². The molecule has 0 aromatic carbocycles. The number of amides is 1. The minimum absolute atomic E-state index is 0.0475. The number of ether oxygens (including phenoxy) is 1. The number of hydrogen-bond donors (Lipinski definition) is 2. The van der Waals surface area contributed by atoms with Crippen molar-refractivity contribution in [2.24, 2.45) is 5.92 Å². The highest BCUT2D eigenvalue weighted by Gasteiger charge is 2.45. The van der Waals surface area contributed by atoms with Crippen LogP contribution in [0.1, 0.15) is 30.7 Å². The lowest BCUT2D eigenvalue weighted by Crippen LogP contribution is -2.57. The van der Waals surface area contributed by atoms with Crippen LogP contribution in [0.25, 0.3) is 0 Å². The second-order valence-electron chi connectivity index (χ2n) is 6.48. The molecule has 2 fully saturated rings. The number of carbonyl (C=O) groups is 2. The van der Waals surface area contributed by atoms with Crippen LogP contribution in [0.2, 0.25) is 0 Å². The summed E-state index contributed by atoms with van der Waals surface area (Å²) in [5.74, 6) is 0.0447. The largest absolute Gasteiger partial charge is 0.483 e. The van der Waals surface area contributed by atoms with Crippen LogP contribution in [0.5, 0.6) is 0 Å². The lowest BCUT2D eigenvalue weighted by Gasteiger charge is -2.44. The zero-order valence-corrected chi connectivity index (χ0v) is 16.4. The molecule has 1 saturated heterocycles. The number of rotatable bonds is 3. The number of nitrogens with one attached hydrogen (secondary N) is 1. The van der Waals surface area contributed by atoms with Gasteiger partial charge in [0.15, 0.2) is 5.76 Å². The van der Waals surface area contributed by atoms with Gasteiger partial charge in [0.2, 0.25) is 15.9 Å². The molecule has 1 saturated carbocycles. The number of carbonyl (C=O) groups excluding carboxylic acids is 1. The van der Waals surface area contributed by atoms with Crippen molar-refractivity contribution < 1.29 is 32.4 Å². The zero-order valence-electron chi connectivity index (χ0n) is 15.5. The molecule has 1 aliphatic carbocycles. The normalized spacial score (nSPS) is 25.7. The van der Waals surface area contributed by atoms with E-state index in [-0.39, 0.29) is 47.6 Å². The van der Waals surface area contributed by atoms with E-state index in [4.69, 9.17) is 19.2 Å². The maximum atomic E-state index is 13.2. The molecule has 0 spiro atoms. The minimum Gasteiger partial charge on any atom is -0.483 e. The van der Waals surface area contributed by atoms with Crippen LogP contribution < -0.4 is 5.32 Å². The van der Waals surface area contributed by atoms with E-state index in [0.717, 1.165) is 0 Å². The molecule has 0 bridgehead atoms. The maximum Gasteiger partial charge on any atom is 0.290 e. The standard InChI is InChI=1S/C15H23N3O5S.CH2O2/c1-9-14(10(2)23-17-9)24(20,21)18-6-7-22-13-5-4-11(8-12(13)18)15(19)16-3;2-1-3/h11-13H,4-8H2,1-3H3,(H,16,19);1H,(H,2,3)/t11-,12+,13+;/m0./s1. The van der Waals surface area contributed by atoms with Gasteiger partial charge in [0.05, 0.1) is 18.8 Å². The molecule has 0 radical (unpaired) electrons. The lowest BCUT2D eigenvalue weighted by molar-refractivity contribution is -0.130. The highest BCUT2D eigenvalue weighted by atomic mass is 32.2. The molecular formula is C16H25N3O7S. The Morgan fingerprint density at radius 2 is 2.04 bits per heavy atom. The van der Waals surface area contributed by atoms with Gasteiger partial charge in [-0.15, -0.1) is 0 Å². The van der Waals surface area contributed by atoms with Crippen molar-refractivity contribution in [2.45, 2.75) is 50.2 Å². The van der Waals surface area contributed by atoms with Crippen molar-refractivity contribution in [1.82, 2.24) is 14.8 Å².